The number of anilines is 1. The van der Waals surface area contributed by atoms with Crippen molar-refractivity contribution in [1.82, 2.24) is 55.4 Å². The van der Waals surface area contributed by atoms with E-state index < -0.39 is 44.0 Å². The summed E-state index contributed by atoms with van der Waals surface area (Å²) in [6.07, 6.45) is 15.9. The lowest BCUT2D eigenvalue weighted by Crippen LogP contribution is -2.57. The molecule has 3 fully saturated rings. The number of rotatable bonds is 24. The number of carbonyl (C=O) groups excluding carboxylic acids is 4. The van der Waals surface area contributed by atoms with E-state index in [1.807, 2.05) is 92.7 Å². The van der Waals surface area contributed by atoms with Crippen LogP contribution in [0, 0.1) is 12.3 Å². The molecular formula is C58H77N13O7S2. The van der Waals surface area contributed by atoms with Crippen LogP contribution in [-0.2, 0) is 57.9 Å². The number of aliphatic hydroxyl groups is 1. The first kappa shape index (κ1) is 58.2. The Morgan fingerprint density at radius 3 is 2.45 bits per heavy atom. The molecule has 22 heteroatoms. The van der Waals surface area contributed by atoms with Gasteiger partial charge in [0, 0.05) is 93.7 Å². The van der Waals surface area contributed by atoms with Crippen molar-refractivity contribution in [3.63, 3.8) is 0 Å². The smallest absolute Gasteiger partial charge is 0.254 e. The van der Waals surface area contributed by atoms with Gasteiger partial charge in [0.1, 0.15) is 23.5 Å². The zero-order valence-electron chi connectivity index (χ0n) is 47.0. The molecule has 9 rings (SSSR count). The largest absolute Gasteiger partial charge is 0.391 e. The van der Waals surface area contributed by atoms with Gasteiger partial charge < -0.3 is 35.3 Å². The van der Waals surface area contributed by atoms with Crippen LogP contribution in [0.1, 0.15) is 134 Å². The van der Waals surface area contributed by atoms with Gasteiger partial charge in [0.2, 0.25) is 17.7 Å². The second-order valence-electron chi connectivity index (χ2n) is 22.9. The number of nitrogens with zero attached hydrogens (tertiary/aromatic N) is 10. The number of aryl methyl sites for hydroxylation is 3. The van der Waals surface area contributed by atoms with E-state index in [2.05, 4.69) is 52.1 Å². The fourth-order valence-electron chi connectivity index (χ4n) is 10.9. The molecule has 4 N–H and O–H groups in total. The normalized spacial score (nSPS) is 19.2. The maximum atomic E-state index is 14.6. The topological polar surface area (TPSA) is 256 Å². The van der Waals surface area contributed by atoms with Crippen LogP contribution in [0.3, 0.4) is 0 Å². The van der Waals surface area contributed by atoms with Gasteiger partial charge in [-0.15, -0.1) is 16.4 Å². The summed E-state index contributed by atoms with van der Waals surface area (Å²) in [6, 6.07) is 12.1. The third kappa shape index (κ3) is 14.0. The standard InChI is InChI=1S/C58H77N13O7S2/c1-38-36-78-30-29-70(38)48-32-47(63-54(64-48)45-23-27-60-53-44(45)22-26-59-53)58(24-25-58)80(6,77)67-50(74)21-20-42-34-69(68-66-42)28-14-12-10-8-7-9-11-13-15-49(73)65-52(57(3,4)5)56(76)71-35-43(72)31-46(71)55(75)61-33-40-16-18-41(19-17-40)51-39(2)62-37-79-51/h16-19,22-23,26-27,32,34,37-38,43,46,52,72H,7-15,20-21,24-25,28-31,33,35-36H2,1-6H3,(H,59,60)(H,61,75)(H,65,73)/t38-,43-,46+,52-,80-/m1/s1. The van der Waals surface area contributed by atoms with Gasteiger partial charge in [-0.3, -0.25) is 23.9 Å². The minimum Gasteiger partial charge on any atom is -0.391 e. The predicted molar refractivity (Wildman–Crippen MR) is 309 cm³/mol. The third-order valence-electron chi connectivity index (χ3n) is 15.7. The van der Waals surface area contributed by atoms with E-state index in [0.29, 0.717) is 75.6 Å². The van der Waals surface area contributed by atoms with Gasteiger partial charge in [-0.25, -0.2) is 24.1 Å². The van der Waals surface area contributed by atoms with Crippen LogP contribution < -0.4 is 15.5 Å². The van der Waals surface area contributed by atoms with Crippen LogP contribution in [-0.4, -0.2) is 135 Å². The first-order chi connectivity index (χ1) is 38.4. The maximum absolute atomic E-state index is 14.6. The summed E-state index contributed by atoms with van der Waals surface area (Å²) < 4.78 is 25.6. The number of carbonyl (C=O) groups is 4. The summed E-state index contributed by atoms with van der Waals surface area (Å²) in [4.78, 5) is 81.0. The Balaban J connectivity index is 0.670. The number of hydrogen-bond donors (Lipinski definition) is 4. The Kier molecular flexibility index (Phi) is 18.6. The molecule has 7 heterocycles. The number of unbranched alkanes of at least 4 members (excludes halogenated alkanes) is 7. The molecule has 20 nitrogen and oxygen atoms in total. The zero-order chi connectivity index (χ0) is 56.6. The number of likely N-dealkylation sites (tertiary alicyclic amines) is 1. The minimum absolute atomic E-state index is 0.0242. The summed E-state index contributed by atoms with van der Waals surface area (Å²) in [6.45, 7) is 12.5. The number of thiazole rings is 1. The van der Waals surface area contributed by atoms with E-state index in [4.69, 9.17) is 14.7 Å². The van der Waals surface area contributed by atoms with Crippen LogP contribution in [0.15, 0.2) is 70.9 Å². The van der Waals surface area contributed by atoms with E-state index in [1.165, 1.54) is 4.90 Å². The summed E-state index contributed by atoms with van der Waals surface area (Å²) in [5.41, 5.74) is 6.98. The molecule has 0 radical (unpaired) electrons. The highest BCUT2D eigenvalue weighted by Gasteiger charge is 2.54. The molecule has 1 aromatic carbocycles. The molecule has 2 saturated heterocycles. The Morgan fingerprint density at radius 1 is 0.988 bits per heavy atom. The van der Waals surface area contributed by atoms with Crippen molar-refractivity contribution in [2.24, 2.45) is 9.78 Å². The zero-order valence-corrected chi connectivity index (χ0v) is 48.6. The van der Waals surface area contributed by atoms with E-state index >= 15 is 0 Å². The highest BCUT2D eigenvalue weighted by molar-refractivity contribution is 7.94. The third-order valence-corrected chi connectivity index (χ3v) is 19.3. The first-order valence-electron chi connectivity index (χ1n) is 28.2. The summed E-state index contributed by atoms with van der Waals surface area (Å²) >= 11 is 1.58. The molecule has 80 heavy (non-hydrogen) atoms. The Morgan fingerprint density at radius 2 is 1.74 bits per heavy atom. The molecule has 4 amide bonds. The number of pyridine rings is 1. The fraction of sp³-hybridized carbons (Fsp3) is 0.552. The second-order valence-corrected chi connectivity index (χ2v) is 26.4. The van der Waals surface area contributed by atoms with Crippen molar-refractivity contribution in [3.8, 4) is 21.8 Å². The SMILES string of the molecule is Cc1ncsc1-c1ccc(CNC(=O)[C@@H]2C[C@@H](O)CN2C(=O)[C@@H](NC(=O)CCCCCCCCCCn2cc(CCC(=O)N=[S@](C)(=O)C3(c4cc(N5CCOC[C@H]5C)nc(-c5ccnc6[nH]ccc56)n4)CC3)nn2)C(C)(C)C)cc1. The van der Waals surface area contributed by atoms with Gasteiger partial charge in [0.05, 0.1) is 67.3 Å². The molecule has 428 valence electrons. The lowest BCUT2D eigenvalue weighted by molar-refractivity contribution is -0.144. The van der Waals surface area contributed by atoms with E-state index in [9.17, 15) is 28.5 Å². The molecule has 0 spiro atoms. The lowest BCUT2D eigenvalue weighted by atomic mass is 9.85. The maximum Gasteiger partial charge on any atom is 0.254 e. The summed E-state index contributed by atoms with van der Waals surface area (Å²) in [5.74, 6) is -0.108. The molecule has 2 aliphatic heterocycles. The molecule has 0 bridgehead atoms. The second kappa shape index (κ2) is 25.5. The highest BCUT2D eigenvalue weighted by Crippen LogP contribution is 2.53. The minimum atomic E-state index is -3.06. The average molecular weight is 1130 g/mol. The average Bonchev–Trinajstić information content (AvgIpc) is 4.05. The molecule has 3 aliphatic rings. The number of aliphatic hydroxyl groups excluding tert-OH is 1. The Bertz CT molecular complexity index is 3260. The van der Waals surface area contributed by atoms with Gasteiger partial charge in [0.15, 0.2) is 5.82 Å². The number of ether oxygens (including phenoxy) is 1. The number of nitrogens with one attached hydrogen (secondary N) is 3. The van der Waals surface area contributed by atoms with Gasteiger partial charge in [-0.05, 0) is 68.2 Å². The van der Waals surface area contributed by atoms with Crippen molar-refractivity contribution in [2.75, 3.05) is 37.5 Å². The molecule has 6 aromatic rings. The molecule has 5 atom stereocenters. The number of benzene rings is 1. The van der Waals surface area contributed by atoms with Crippen LogP contribution in [0.2, 0.25) is 0 Å². The van der Waals surface area contributed by atoms with Crippen molar-refractivity contribution < 1.29 is 33.2 Å². The van der Waals surface area contributed by atoms with E-state index in [-0.39, 0.29) is 49.7 Å². The number of H-pyrrole nitrogens is 1. The van der Waals surface area contributed by atoms with Gasteiger partial charge >= 0.3 is 0 Å². The van der Waals surface area contributed by atoms with Crippen molar-refractivity contribution in [3.05, 3.63) is 89.2 Å². The monoisotopic (exact) mass is 1130 g/mol. The van der Waals surface area contributed by atoms with Crippen molar-refractivity contribution in [2.45, 2.75) is 167 Å². The van der Waals surface area contributed by atoms with Crippen LogP contribution in [0.4, 0.5) is 5.82 Å². The quantitative estimate of drug-likeness (QED) is 0.0422. The summed E-state index contributed by atoms with van der Waals surface area (Å²) in [7, 11) is -3.06. The van der Waals surface area contributed by atoms with E-state index in [0.717, 1.165) is 89.1 Å². The molecular weight excluding hydrogens is 1050 g/mol. The van der Waals surface area contributed by atoms with Crippen LogP contribution >= 0.6 is 11.3 Å². The molecule has 1 saturated carbocycles. The lowest BCUT2D eigenvalue weighted by Gasteiger charge is -2.35. The first-order valence-corrected chi connectivity index (χ1v) is 31.0. The molecule has 0 unspecified atom stereocenters. The van der Waals surface area contributed by atoms with Crippen LogP contribution in [0.5, 0.6) is 0 Å². The summed E-state index contributed by atoms with van der Waals surface area (Å²) in [5, 5.41) is 26.0. The Labute approximate surface area is 472 Å². The van der Waals surface area contributed by atoms with Crippen molar-refractivity contribution >= 4 is 61.5 Å². The number of aromatic nitrogens is 8. The molecule has 1 aliphatic carbocycles. The number of hydrogen-bond acceptors (Lipinski definition) is 15. The van der Waals surface area contributed by atoms with Gasteiger partial charge in [0.25, 0.3) is 5.91 Å². The molecule has 5 aromatic heterocycles. The number of morpholine rings is 1. The van der Waals surface area contributed by atoms with Gasteiger partial charge in [-0.1, -0.05) is 88.8 Å². The number of fused-ring (bicyclic) bond motifs is 1. The fourth-order valence-corrected chi connectivity index (χ4v) is 13.7. The predicted octanol–water partition coefficient (Wildman–Crippen LogP) is 7.83. The van der Waals surface area contributed by atoms with Crippen molar-refractivity contribution in [1.29, 1.82) is 0 Å². The van der Waals surface area contributed by atoms with Crippen LogP contribution in [0.25, 0.3) is 32.9 Å². The number of amides is 4. The number of β-amino-alcohol motifs (C(OH)–C–C–N with tert-alkyl or cyclic N) is 1. The van der Waals surface area contributed by atoms with E-state index in [1.54, 1.807) is 23.8 Å². The Hall–Kier alpha value is -6.49. The van der Waals surface area contributed by atoms with Gasteiger partial charge in [-0.2, -0.15) is 4.36 Å². The highest BCUT2D eigenvalue weighted by atomic mass is 32.2. The number of aromatic amines is 1.